The number of pyridine rings is 2. The number of aliphatic hydroxyl groups is 1. The molecular formula is C35H34Cl2N6O4. The first-order valence-corrected chi connectivity index (χ1v) is 16.1. The Morgan fingerprint density at radius 1 is 0.957 bits per heavy atom. The Morgan fingerprint density at radius 2 is 1.68 bits per heavy atom. The van der Waals surface area contributed by atoms with Crippen molar-refractivity contribution in [1.82, 2.24) is 30.3 Å². The summed E-state index contributed by atoms with van der Waals surface area (Å²) in [6, 6.07) is 19.1. The van der Waals surface area contributed by atoms with Gasteiger partial charge in [0.05, 0.1) is 29.5 Å². The van der Waals surface area contributed by atoms with E-state index in [0.717, 1.165) is 39.8 Å². The molecule has 0 aliphatic carbocycles. The Kier molecular flexibility index (Phi) is 10.1. The van der Waals surface area contributed by atoms with Crippen LogP contribution in [0.4, 0.5) is 0 Å². The van der Waals surface area contributed by atoms with Gasteiger partial charge in [0, 0.05) is 84.4 Å². The van der Waals surface area contributed by atoms with Crippen molar-refractivity contribution in [3.05, 3.63) is 105 Å². The molecule has 3 aromatic heterocycles. The highest BCUT2D eigenvalue weighted by atomic mass is 35.5. The van der Waals surface area contributed by atoms with Crippen LogP contribution in [0.2, 0.25) is 10.0 Å². The Bertz CT molecular complexity index is 2000. The predicted molar refractivity (Wildman–Crippen MR) is 184 cm³/mol. The number of nitrogens with zero attached hydrogens (tertiary/aromatic N) is 3. The normalized spacial score (nSPS) is 14.5. The van der Waals surface area contributed by atoms with Crippen molar-refractivity contribution < 1.29 is 14.6 Å². The van der Waals surface area contributed by atoms with Crippen LogP contribution in [0, 0.1) is 0 Å². The molecule has 6 rings (SSSR count). The summed E-state index contributed by atoms with van der Waals surface area (Å²) in [6.07, 6.45) is 4.62. The maximum atomic E-state index is 13.2. The number of aromatic nitrogens is 3. The molecule has 1 saturated heterocycles. The molecule has 2 aromatic carbocycles. The quantitative estimate of drug-likeness (QED) is 0.138. The summed E-state index contributed by atoms with van der Waals surface area (Å²) >= 11 is 14.1. The van der Waals surface area contributed by atoms with Crippen molar-refractivity contribution in [2.75, 3.05) is 26.8 Å². The van der Waals surface area contributed by atoms with Crippen molar-refractivity contribution in [1.29, 1.82) is 0 Å². The Hall–Kier alpha value is -4.32. The third-order valence-electron chi connectivity index (χ3n) is 8.18. The van der Waals surface area contributed by atoms with E-state index in [9.17, 15) is 9.59 Å². The average Bonchev–Trinajstić information content (AvgIpc) is 3.51. The molecular weight excluding hydrogens is 639 g/mol. The van der Waals surface area contributed by atoms with Gasteiger partial charge in [0.1, 0.15) is 5.65 Å². The second-order valence-corrected chi connectivity index (χ2v) is 12.0. The van der Waals surface area contributed by atoms with Crippen LogP contribution in [0.5, 0.6) is 5.88 Å². The number of fused-ring (bicyclic) bond motifs is 1. The molecule has 1 aliphatic heterocycles. The zero-order valence-corrected chi connectivity index (χ0v) is 27.2. The third kappa shape index (κ3) is 7.02. The smallest absolute Gasteiger partial charge is 0.262 e. The molecule has 1 unspecified atom stereocenters. The summed E-state index contributed by atoms with van der Waals surface area (Å²) in [4.78, 5) is 33.9. The molecule has 0 spiro atoms. The van der Waals surface area contributed by atoms with Crippen LogP contribution in [0.3, 0.4) is 0 Å². The van der Waals surface area contributed by atoms with Crippen LogP contribution < -0.4 is 26.2 Å². The van der Waals surface area contributed by atoms with Gasteiger partial charge in [-0.3, -0.25) is 14.0 Å². The van der Waals surface area contributed by atoms with Gasteiger partial charge in [-0.1, -0.05) is 65.7 Å². The highest BCUT2D eigenvalue weighted by Gasteiger charge is 2.21. The van der Waals surface area contributed by atoms with E-state index in [1.54, 1.807) is 19.5 Å². The van der Waals surface area contributed by atoms with Gasteiger partial charge in [-0.2, -0.15) is 0 Å². The van der Waals surface area contributed by atoms with E-state index >= 15 is 0 Å². The van der Waals surface area contributed by atoms with E-state index in [4.69, 9.17) is 38.0 Å². The summed E-state index contributed by atoms with van der Waals surface area (Å²) in [5.41, 5.74) is 6.18. The van der Waals surface area contributed by atoms with Crippen LogP contribution in [0.15, 0.2) is 77.9 Å². The van der Waals surface area contributed by atoms with E-state index in [1.807, 2.05) is 60.7 Å². The number of ether oxygens (including phenoxy) is 1. The molecule has 12 heteroatoms. The van der Waals surface area contributed by atoms with Gasteiger partial charge >= 0.3 is 0 Å². The Balaban J connectivity index is 1.26. The van der Waals surface area contributed by atoms with Crippen molar-refractivity contribution >= 4 is 34.8 Å². The van der Waals surface area contributed by atoms with Crippen molar-refractivity contribution in [2.24, 2.45) is 0 Å². The van der Waals surface area contributed by atoms with Gasteiger partial charge in [-0.05, 0) is 30.2 Å². The number of aliphatic hydroxyl groups excluding tert-OH is 1. The lowest BCUT2D eigenvalue weighted by Crippen LogP contribution is -2.36. The fourth-order valence-electron chi connectivity index (χ4n) is 5.75. The second-order valence-electron chi connectivity index (χ2n) is 11.3. The van der Waals surface area contributed by atoms with Crippen LogP contribution in [-0.4, -0.2) is 58.2 Å². The summed E-state index contributed by atoms with van der Waals surface area (Å²) < 4.78 is 7.06. The molecule has 1 aliphatic rings. The number of halogens is 2. The second kappa shape index (κ2) is 14.6. The molecule has 4 N–H and O–H groups in total. The molecule has 1 fully saturated rings. The molecule has 47 heavy (non-hydrogen) atoms. The number of carbonyl (C=O) groups excluding carboxylic acids is 1. The Morgan fingerprint density at radius 3 is 2.40 bits per heavy atom. The number of hydrogen-bond acceptors (Lipinski definition) is 8. The number of rotatable bonds is 12. The lowest BCUT2D eigenvalue weighted by Gasteiger charge is -2.15. The molecule has 0 radical (unpaired) electrons. The zero-order valence-electron chi connectivity index (χ0n) is 25.7. The van der Waals surface area contributed by atoms with Crippen molar-refractivity contribution in [3.63, 3.8) is 0 Å². The molecule has 0 saturated carbocycles. The number of methoxy groups -OCH3 is 1. The standard InChI is InChI=1S/C35H34Cl2N6O4/c1-47-34-22(17-38-13-15-44)8-10-29(42-34)28-7-3-6-27(33(28)37)26-5-2-4-25(32(26)36)21-12-14-43-30(16-21)40-19-23(35(43)46)18-39-20-24-9-11-31(45)41-24/h2-8,10,12,14,16,19,24,38-39,44H,9,11,13,15,17-18,20H2,1H3,(H,41,45). The molecule has 4 heterocycles. The molecule has 1 atom stereocenters. The minimum absolute atomic E-state index is 0.0430. The fraction of sp³-hybridized carbons (Fsp3) is 0.257. The van der Waals surface area contributed by atoms with Crippen LogP contribution in [0.25, 0.3) is 39.2 Å². The highest BCUT2D eigenvalue weighted by molar-refractivity contribution is 6.39. The van der Waals surface area contributed by atoms with E-state index in [0.29, 0.717) is 65.4 Å². The van der Waals surface area contributed by atoms with Crippen LogP contribution >= 0.6 is 23.2 Å². The van der Waals surface area contributed by atoms with Gasteiger partial charge in [-0.25, -0.2) is 9.97 Å². The first-order valence-electron chi connectivity index (χ1n) is 15.3. The number of nitrogens with one attached hydrogen (secondary N) is 3. The minimum atomic E-state index is -0.160. The highest BCUT2D eigenvalue weighted by Crippen LogP contribution is 2.42. The summed E-state index contributed by atoms with van der Waals surface area (Å²) in [5, 5.41) is 19.4. The lowest BCUT2D eigenvalue weighted by atomic mass is 9.97. The predicted octanol–water partition coefficient (Wildman–Crippen LogP) is 4.86. The lowest BCUT2D eigenvalue weighted by molar-refractivity contribution is -0.119. The zero-order chi connectivity index (χ0) is 32.9. The molecule has 1 amide bonds. The van der Waals surface area contributed by atoms with E-state index in [1.165, 1.54) is 4.40 Å². The third-order valence-corrected chi connectivity index (χ3v) is 9.00. The molecule has 10 nitrogen and oxygen atoms in total. The average molecular weight is 674 g/mol. The maximum absolute atomic E-state index is 13.2. The number of benzene rings is 2. The number of hydrogen-bond donors (Lipinski definition) is 4. The minimum Gasteiger partial charge on any atom is -0.481 e. The Labute approximate surface area is 281 Å². The van der Waals surface area contributed by atoms with Crippen molar-refractivity contribution in [2.45, 2.75) is 32.0 Å². The summed E-state index contributed by atoms with van der Waals surface area (Å²) in [7, 11) is 1.57. The summed E-state index contributed by atoms with van der Waals surface area (Å²) in [5.74, 6) is 0.535. The van der Waals surface area contributed by atoms with Crippen LogP contribution in [-0.2, 0) is 17.9 Å². The van der Waals surface area contributed by atoms with E-state index < -0.39 is 0 Å². The SMILES string of the molecule is COc1nc(-c2cccc(-c3cccc(-c4ccn5c(=O)c(CNCC6CCC(=O)N6)cnc5c4)c3Cl)c2Cl)ccc1CNCCO. The van der Waals surface area contributed by atoms with Gasteiger partial charge < -0.3 is 25.8 Å². The monoisotopic (exact) mass is 672 g/mol. The van der Waals surface area contributed by atoms with E-state index in [-0.39, 0.29) is 24.1 Å². The van der Waals surface area contributed by atoms with Gasteiger partial charge in [0.15, 0.2) is 0 Å². The first-order chi connectivity index (χ1) is 22.9. The molecule has 0 bridgehead atoms. The van der Waals surface area contributed by atoms with E-state index in [2.05, 4.69) is 20.9 Å². The molecule has 242 valence electrons. The van der Waals surface area contributed by atoms with Crippen LogP contribution in [0.1, 0.15) is 24.0 Å². The van der Waals surface area contributed by atoms with Gasteiger partial charge in [0.25, 0.3) is 5.56 Å². The number of amides is 1. The van der Waals surface area contributed by atoms with Crippen molar-refractivity contribution in [3.8, 4) is 39.4 Å². The maximum Gasteiger partial charge on any atom is 0.262 e. The van der Waals surface area contributed by atoms with Gasteiger partial charge in [-0.15, -0.1) is 0 Å². The largest absolute Gasteiger partial charge is 0.481 e. The van der Waals surface area contributed by atoms with Gasteiger partial charge in [0.2, 0.25) is 11.8 Å². The fourth-order valence-corrected chi connectivity index (χ4v) is 6.41. The number of carbonyl (C=O) groups is 1. The summed E-state index contributed by atoms with van der Waals surface area (Å²) in [6.45, 7) is 1.96. The first kappa shape index (κ1) is 32.6. The topological polar surface area (TPSA) is 130 Å². The molecule has 5 aromatic rings.